The first kappa shape index (κ1) is 17.2. The van der Waals surface area contributed by atoms with E-state index >= 15 is 0 Å². The van der Waals surface area contributed by atoms with Gasteiger partial charge in [0.1, 0.15) is 0 Å². The Hall–Kier alpha value is -1.64. The first-order valence-corrected chi connectivity index (χ1v) is 9.30. The Balaban J connectivity index is 0.000000815. The molecule has 2 nitrogen and oxygen atoms in total. The van der Waals surface area contributed by atoms with Crippen LogP contribution < -0.4 is 0 Å². The van der Waals surface area contributed by atoms with Crippen molar-refractivity contribution in [3.05, 3.63) is 59.7 Å². The molecule has 2 fully saturated rings. The molecule has 0 aromatic heterocycles. The largest absolute Gasteiger partial charge is 0.255 e. The fourth-order valence-electron chi connectivity index (χ4n) is 4.41. The lowest BCUT2D eigenvalue weighted by Crippen LogP contribution is -1.93. The summed E-state index contributed by atoms with van der Waals surface area (Å²) in [6.07, 6.45) is 11.2. The molecule has 2 aliphatic carbocycles. The Morgan fingerprint density at radius 2 is 0.792 bits per heavy atom. The first-order valence-electron chi connectivity index (χ1n) is 9.30. The van der Waals surface area contributed by atoms with E-state index in [1.807, 2.05) is 0 Å². The topological polar surface area (TPSA) is 40.5 Å². The van der Waals surface area contributed by atoms with Crippen LogP contribution in [0.1, 0.15) is 74.3 Å². The number of benzene rings is 2. The van der Waals surface area contributed by atoms with Gasteiger partial charge in [-0.2, -0.15) is 0 Å². The summed E-state index contributed by atoms with van der Waals surface area (Å²) in [6.45, 7) is 0. The van der Waals surface area contributed by atoms with E-state index in [4.69, 9.17) is 10.5 Å². The van der Waals surface area contributed by atoms with Crippen LogP contribution in [0.25, 0.3) is 11.1 Å². The zero-order chi connectivity index (χ0) is 16.8. The molecule has 0 amide bonds. The Bertz CT molecular complexity index is 546. The van der Waals surface area contributed by atoms with Gasteiger partial charge in [-0.15, -0.1) is 0 Å². The maximum atomic E-state index is 6.00. The normalized spacial score (nSPS) is 18.4. The molecule has 2 heteroatoms. The molecule has 0 bridgehead atoms. The smallest absolute Gasteiger partial charge is 0.0162 e. The lowest BCUT2D eigenvalue weighted by atomic mass is 9.93. The Morgan fingerprint density at radius 1 is 0.500 bits per heavy atom. The monoisotopic (exact) mass is 324 g/mol. The zero-order valence-electron chi connectivity index (χ0n) is 14.3. The predicted molar refractivity (Wildman–Crippen MR) is 99.6 cm³/mol. The van der Waals surface area contributed by atoms with Gasteiger partial charge >= 0.3 is 0 Å². The van der Waals surface area contributed by atoms with E-state index in [9.17, 15) is 0 Å². The Labute approximate surface area is 145 Å². The first-order chi connectivity index (χ1) is 11.9. The van der Waals surface area contributed by atoms with Gasteiger partial charge in [0, 0.05) is 0 Å². The summed E-state index contributed by atoms with van der Waals surface area (Å²) in [5.41, 5.74) is 5.81. The van der Waals surface area contributed by atoms with E-state index in [1.165, 1.54) is 62.5 Å². The maximum Gasteiger partial charge on any atom is -0.0162 e. The van der Waals surface area contributed by atoms with E-state index in [0.717, 1.165) is 11.8 Å². The minimum atomic E-state index is 0.818. The molecule has 0 aliphatic heterocycles. The molecular formula is C22H28O2. The van der Waals surface area contributed by atoms with Crippen LogP contribution in [0.15, 0.2) is 48.5 Å². The number of rotatable bonds is 3. The molecule has 128 valence electrons. The molecule has 0 spiro atoms. The second kappa shape index (κ2) is 8.46. The third-order valence-corrected chi connectivity index (χ3v) is 5.81. The summed E-state index contributed by atoms with van der Waals surface area (Å²) in [6, 6.07) is 18.7. The SMILES string of the molecule is OO.c1cc(C2CCCC2)ccc1-c1ccc(C2CCCC2)cc1. The molecule has 4 rings (SSSR count). The molecule has 0 saturated heterocycles. The van der Waals surface area contributed by atoms with Gasteiger partial charge in [0.25, 0.3) is 0 Å². The molecule has 2 aromatic carbocycles. The van der Waals surface area contributed by atoms with Crippen molar-refractivity contribution in [3.63, 3.8) is 0 Å². The zero-order valence-corrected chi connectivity index (χ0v) is 14.3. The van der Waals surface area contributed by atoms with Crippen LogP contribution in [0.2, 0.25) is 0 Å². The molecule has 2 aliphatic rings. The van der Waals surface area contributed by atoms with E-state index in [0.29, 0.717) is 0 Å². The number of hydrogen-bond acceptors (Lipinski definition) is 2. The summed E-state index contributed by atoms with van der Waals surface area (Å²) in [5, 5.41) is 12.0. The minimum absolute atomic E-state index is 0.818. The molecule has 2 saturated carbocycles. The van der Waals surface area contributed by atoms with Crippen molar-refractivity contribution in [1.82, 2.24) is 0 Å². The van der Waals surface area contributed by atoms with Crippen LogP contribution in [0.4, 0.5) is 0 Å². The van der Waals surface area contributed by atoms with Gasteiger partial charge in [-0.05, 0) is 59.8 Å². The standard InChI is InChI=1S/C22H26.H2O2/c1-2-6-17(5-1)19-9-13-21(14-10-19)22-15-11-20(12-16-22)18-7-3-4-8-18;1-2/h9-18H,1-8H2;1-2H. The van der Waals surface area contributed by atoms with Crippen LogP contribution in [-0.4, -0.2) is 10.5 Å². The van der Waals surface area contributed by atoms with Crippen molar-refractivity contribution in [2.75, 3.05) is 0 Å². The van der Waals surface area contributed by atoms with Crippen molar-refractivity contribution < 1.29 is 10.5 Å². The summed E-state index contributed by atoms with van der Waals surface area (Å²) >= 11 is 0. The fourth-order valence-corrected chi connectivity index (χ4v) is 4.41. The van der Waals surface area contributed by atoms with Crippen molar-refractivity contribution in [2.45, 2.75) is 63.2 Å². The van der Waals surface area contributed by atoms with Gasteiger partial charge in [-0.3, -0.25) is 10.5 Å². The fraction of sp³-hybridized carbons (Fsp3) is 0.455. The molecule has 0 unspecified atom stereocenters. The Morgan fingerprint density at radius 3 is 1.08 bits per heavy atom. The number of hydrogen-bond donors (Lipinski definition) is 2. The summed E-state index contributed by atoms with van der Waals surface area (Å²) in [4.78, 5) is 0. The molecule has 0 atom stereocenters. The van der Waals surface area contributed by atoms with E-state index in [2.05, 4.69) is 48.5 Å². The molecule has 0 radical (unpaired) electrons. The highest BCUT2D eigenvalue weighted by Gasteiger charge is 2.18. The van der Waals surface area contributed by atoms with Crippen LogP contribution in [0, 0.1) is 0 Å². The van der Waals surface area contributed by atoms with Crippen LogP contribution in [0.5, 0.6) is 0 Å². The third kappa shape index (κ3) is 3.88. The van der Waals surface area contributed by atoms with E-state index < -0.39 is 0 Å². The van der Waals surface area contributed by atoms with E-state index in [1.54, 1.807) is 11.1 Å². The highest BCUT2D eigenvalue weighted by atomic mass is 17.0. The molecule has 2 N–H and O–H groups in total. The van der Waals surface area contributed by atoms with Gasteiger partial charge in [-0.25, -0.2) is 0 Å². The summed E-state index contributed by atoms with van der Waals surface area (Å²) in [7, 11) is 0. The molecule has 24 heavy (non-hydrogen) atoms. The second-order valence-electron chi connectivity index (χ2n) is 7.21. The summed E-state index contributed by atoms with van der Waals surface area (Å²) < 4.78 is 0. The van der Waals surface area contributed by atoms with Gasteiger partial charge in [0.05, 0.1) is 0 Å². The lowest BCUT2D eigenvalue weighted by molar-refractivity contribution is -0.176. The highest BCUT2D eigenvalue weighted by Crippen LogP contribution is 2.36. The third-order valence-electron chi connectivity index (χ3n) is 5.81. The quantitative estimate of drug-likeness (QED) is 0.488. The van der Waals surface area contributed by atoms with E-state index in [-0.39, 0.29) is 0 Å². The maximum absolute atomic E-state index is 6.00. The molecule has 0 heterocycles. The Kier molecular flexibility index (Phi) is 6.06. The van der Waals surface area contributed by atoms with Gasteiger partial charge < -0.3 is 0 Å². The van der Waals surface area contributed by atoms with Crippen molar-refractivity contribution >= 4 is 0 Å². The van der Waals surface area contributed by atoms with Gasteiger partial charge in [0.15, 0.2) is 0 Å². The molecule has 2 aromatic rings. The van der Waals surface area contributed by atoms with Crippen molar-refractivity contribution in [1.29, 1.82) is 0 Å². The second-order valence-corrected chi connectivity index (χ2v) is 7.21. The minimum Gasteiger partial charge on any atom is -0.255 e. The van der Waals surface area contributed by atoms with Crippen molar-refractivity contribution in [3.8, 4) is 11.1 Å². The van der Waals surface area contributed by atoms with Gasteiger partial charge in [-0.1, -0.05) is 74.2 Å². The van der Waals surface area contributed by atoms with Crippen LogP contribution >= 0.6 is 0 Å². The average molecular weight is 324 g/mol. The van der Waals surface area contributed by atoms with Crippen LogP contribution in [-0.2, 0) is 0 Å². The van der Waals surface area contributed by atoms with Crippen molar-refractivity contribution in [2.24, 2.45) is 0 Å². The van der Waals surface area contributed by atoms with Gasteiger partial charge in [0.2, 0.25) is 0 Å². The van der Waals surface area contributed by atoms with Crippen LogP contribution in [0.3, 0.4) is 0 Å². The summed E-state index contributed by atoms with van der Waals surface area (Å²) in [5.74, 6) is 1.64. The average Bonchev–Trinajstić information content (AvgIpc) is 3.38. The highest BCUT2D eigenvalue weighted by molar-refractivity contribution is 5.64. The predicted octanol–water partition coefficient (Wildman–Crippen LogP) is 6.69. The molecular weight excluding hydrogens is 296 g/mol. The lowest BCUT2D eigenvalue weighted by Gasteiger charge is -2.12.